The molecule has 0 aliphatic carbocycles. The number of thioether (sulfide) groups is 1. The summed E-state index contributed by atoms with van der Waals surface area (Å²) in [6, 6.07) is 10.7. The maximum absolute atomic E-state index is 12.8. The van der Waals surface area contributed by atoms with Gasteiger partial charge in [-0.25, -0.2) is 9.59 Å². The average molecular weight is 415 g/mol. The number of aryl methyl sites for hydroxylation is 1. The molecule has 3 heterocycles. The largest absolute Gasteiger partial charge is 0.465 e. The minimum atomic E-state index is -0.647. The molecule has 1 aromatic carbocycles. The molecule has 0 unspecified atom stereocenters. The van der Waals surface area contributed by atoms with Crippen molar-refractivity contribution in [1.82, 2.24) is 4.90 Å². The summed E-state index contributed by atoms with van der Waals surface area (Å²) in [7, 11) is 1.29. The highest BCUT2D eigenvalue weighted by molar-refractivity contribution is 8.00. The van der Waals surface area contributed by atoms with Crippen LogP contribution < -0.4 is 0 Å². The van der Waals surface area contributed by atoms with Crippen LogP contribution in [-0.4, -0.2) is 41.7 Å². The number of amides is 1. The Bertz CT molecular complexity index is 955. The van der Waals surface area contributed by atoms with Gasteiger partial charge in [0.25, 0.3) is 0 Å². The quantitative estimate of drug-likeness (QED) is 0.694. The van der Waals surface area contributed by atoms with E-state index in [2.05, 4.69) is 0 Å². The van der Waals surface area contributed by atoms with E-state index >= 15 is 0 Å². The van der Waals surface area contributed by atoms with Crippen molar-refractivity contribution in [2.45, 2.75) is 37.3 Å². The standard InChI is InChI=1S/C21H21NO6S/c1-13-16(19(24)26-2)10-15(28-13)11-27-20(25)17-12-29-21(9-8-18(23)22(17)21)14-6-4-3-5-7-14/h3-7,10,17H,8-9,11-12H2,1-2H3/t17-,21-/m1/s1. The molecule has 0 N–H and O–H groups in total. The lowest BCUT2D eigenvalue weighted by Gasteiger charge is -2.33. The number of nitrogens with zero attached hydrogens (tertiary/aromatic N) is 1. The number of carbonyl (C=O) groups is 3. The molecule has 29 heavy (non-hydrogen) atoms. The minimum absolute atomic E-state index is 0.0392. The molecule has 0 bridgehead atoms. The van der Waals surface area contributed by atoms with Crippen LogP contribution in [-0.2, 0) is 30.5 Å². The summed E-state index contributed by atoms with van der Waals surface area (Å²) < 4.78 is 15.6. The van der Waals surface area contributed by atoms with Crippen LogP contribution >= 0.6 is 11.8 Å². The molecule has 4 rings (SSSR count). The zero-order chi connectivity index (χ0) is 20.6. The third-order valence-electron chi connectivity index (χ3n) is 5.35. The van der Waals surface area contributed by atoms with Gasteiger partial charge in [0, 0.05) is 12.2 Å². The number of benzene rings is 1. The SMILES string of the molecule is COC(=O)c1cc(COC(=O)[C@H]2CS[C@@]3(c4ccccc4)CCC(=O)N23)oc1C. The maximum atomic E-state index is 12.8. The van der Waals surface area contributed by atoms with Gasteiger partial charge in [-0.05, 0) is 25.0 Å². The van der Waals surface area contributed by atoms with Gasteiger partial charge in [-0.2, -0.15) is 0 Å². The Balaban J connectivity index is 1.49. The normalized spacial score (nSPS) is 23.2. The van der Waals surface area contributed by atoms with Crippen LogP contribution in [0.5, 0.6) is 0 Å². The molecule has 0 spiro atoms. The van der Waals surface area contributed by atoms with Crippen molar-refractivity contribution in [1.29, 1.82) is 0 Å². The van der Waals surface area contributed by atoms with Crippen LogP contribution in [0.2, 0.25) is 0 Å². The van der Waals surface area contributed by atoms with E-state index in [0.717, 1.165) is 5.56 Å². The fourth-order valence-corrected chi connectivity index (χ4v) is 5.62. The molecule has 0 radical (unpaired) electrons. The molecule has 2 aliphatic rings. The second-order valence-electron chi connectivity index (χ2n) is 7.02. The number of rotatable bonds is 5. The predicted octanol–water partition coefficient (Wildman–Crippen LogP) is 3.01. The Morgan fingerprint density at radius 3 is 2.79 bits per heavy atom. The summed E-state index contributed by atoms with van der Waals surface area (Å²) in [5, 5.41) is 0. The summed E-state index contributed by atoms with van der Waals surface area (Å²) >= 11 is 1.61. The van der Waals surface area contributed by atoms with E-state index in [1.807, 2.05) is 30.3 Å². The Labute approximate surface area is 172 Å². The van der Waals surface area contributed by atoms with Crippen molar-refractivity contribution < 1.29 is 28.3 Å². The van der Waals surface area contributed by atoms with E-state index in [-0.39, 0.29) is 12.5 Å². The summed E-state index contributed by atoms with van der Waals surface area (Å²) in [5.41, 5.74) is 1.32. The van der Waals surface area contributed by atoms with Crippen LogP contribution in [0.25, 0.3) is 0 Å². The van der Waals surface area contributed by atoms with Crippen molar-refractivity contribution in [2.24, 2.45) is 0 Å². The van der Waals surface area contributed by atoms with E-state index in [1.54, 1.807) is 23.6 Å². The van der Waals surface area contributed by atoms with Crippen molar-refractivity contribution in [3.63, 3.8) is 0 Å². The van der Waals surface area contributed by atoms with Gasteiger partial charge in [0.15, 0.2) is 0 Å². The second kappa shape index (κ2) is 7.59. The molecular weight excluding hydrogens is 394 g/mol. The van der Waals surface area contributed by atoms with Crippen molar-refractivity contribution in [2.75, 3.05) is 12.9 Å². The van der Waals surface area contributed by atoms with Crippen LogP contribution in [0.1, 0.15) is 40.3 Å². The van der Waals surface area contributed by atoms with Crippen LogP contribution in [0, 0.1) is 6.92 Å². The molecule has 1 amide bonds. The van der Waals surface area contributed by atoms with E-state index in [4.69, 9.17) is 13.9 Å². The molecule has 7 nitrogen and oxygen atoms in total. The van der Waals surface area contributed by atoms with Gasteiger partial charge in [-0.3, -0.25) is 4.79 Å². The number of fused-ring (bicyclic) bond motifs is 1. The first-order chi connectivity index (χ1) is 14.0. The minimum Gasteiger partial charge on any atom is -0.465 e. The van der Waals surface area contributed by atoms with Crippen molar-refractivity contribution >= 4 is 29.6 Å². The smallest absolute Gasteiger partial charge is 0.341 e. The van der Waals surface area contributed by atoms with Gasteiger partial charge in [-0.15, -0.1) is 11.8 Å². The first kappa shape index (κ1) is 19.6. The number of esters is 2. The number of carbonyl (C=O) groups excluding carboxylic acids is 3. The summed E-state index contributed by atoms with van der Waals surface area (Å²) in [4.78, 5) is 38.3. The molecular formula is C21H21NO6S. The van der Waals surface area contributed by atoms with E-state index in [0.29, 0.717) is 35.7 Å². The Morgan fingerprint density at radius 1 is 1.31 bits per heavy atom. The molecule has 2 fully saturated rings. The first-order valence-corrected chi connectivity index (χ1v) is 10.3. The third kappa shape index (κ3) is 3.31. The van der Waals surface area contributed by atoms with Gasteiger partial charge in [0.1, 0.15) is 34.6 Å². The van der Waals surface area contributed by atoms with Gasteiger partial charge < -0.3 is 18.8 Å². The molecule has 152 valence electrons. The average Bonchev–Trinajstić information content (AvgIpc) is 3.40. The highest BCUT2D eigenvalue weighted by Gasteiger charge is 2.57. The van der Waals surface area contributed by atoms with E-state index < -0.39 is 22.9 Å². The van der Waals surface area contributed by atoms with Gasteiger partial charge in [0.05, 0.1) is 7.11 Å². The number of furan rings is 1. The van der Waals surface area contributed by atoms with Gasteiger partial charge in [0.2, 0.25) is 5.91 Å². The summed E-state index contributed by atoms with van der Waals surface area (Å²) in [6.45, 7) is 1.53. The molecule has 0 saturated carbocycles. The molecule has 2 aliphatic heterocycles. The molecule has 2 aromatic rings. The Morgan fingerprint density at radius 2 is 2.07 bits per heavy atom. The van der Waals surface area contributed by atoms with Gasteiger partial charge >= 0.3 is 11.9 Å². The number of hydrogen-bond acceptors (Lipinski definition) is 7. The predicted molar refractivity (Wildman–Crippen MR) is 105 cm³/mol. The van der Waals surface area contributed by atoms with Crippen LogP contribution in [0.4, 0.5) is 0 Å². The van der Waals surface area contributed by atoms with Crippen molar-refractivity contribution in [3.8, 4) is 0 Å². The van der Waals surface area contributed by atoms with Gasteiger partial charge in [-0.1, -0.05) is 30.3 Å². The highest BCUT2D eigenvalue weighted by atomic mass is 32.2. The van der Waals surface area contributed by atoms with Crippen LogP contribution in [0.3, 0.4) is 0 Å². The fourth-order valence-electron chi connectivity index (χ4n) is 3.98. The summed E-state index contributed by atoms with van der Waals surface area (Å²) in [6.07, 6.45) is 1.08. The Kier molecular flexibility index (Phi) is 5.12. The van der Waals surface area contributed by atoms with E-state index in [9.17, 15) is 14.4 Å². The maximum Gasteiger partial charge on any atom is 0.341 e. The lowest BCUT2D eigenvalue weighted by atomic mass is 10.0. The molecule has 2 atom stereocenters. The monoisotopic (exact) mass is 415 g/mol. The molecule has 2 saturated heterocycles. The number of hydrogen-bond donors (Lipinski definition) is 0. The lowest BCUT2D eigenvalue weighted by Crippen LogP contribution is -2.46. The highest BCUT2D eigenvalue weighted by Crippen LogP contribution is 2.54. The second-order valence-corrected chi connectivity index (χ2v) is 8.32. The van der Waals surface area contributed by atoms with Crippen molar-refractivity contribution in [3.05, 3.63) is 59.0 Å². The topological polar surface area (TPSA) is 86.0 Å². The number of methoxy groups -OCH3 is 1. The van der Waals surface area contributed by atoms with E-state index in [1.165, 1.54) is 13.2 Å². The fraction of sp³-hybridized carbons (Fsp3) is 0.381. The van der Waals surface area contributed by atoms with Crippen LogP contribution in [0.15, 0.2) is 40.8 Å². The zero-order valence-electron chi connectivity index (χ0n) is 16.2. The zero-order valence-corrected chi connectivity index (χ0v) is 17.0. The first-order valence-electron chi connectivity index (χ1n) is 9.32. The summed E-state index contributed by atoms with van der Waals surface area (Å²) in [5.74, 6) is 0.207. The number of ether oxygens (including phenoxy) is 2. The molecule has 1 aromatic heterocycles. The Hall–Kier alpha value is -2.74. The molecule has 8 heteroatoms. The third-order valence-corrected chi connectivity index (χ3v) is 6.95. The lowest BCUT2D eigenvalue weighted by molar-refractivity contribution is -0.155.